The van der Waals surface area contributed by atoms with Crippen molar-refractivity contribution in [3.8, 4) is 0 Å². The van der Waals surface area contributed by atoms with Gasteiger partial charge < -0.3 is 10.2 Å². The maximum atomic E-state index is 13.6. The molecule has 1 saturated heterocycles. The zero-order chi connectivity index (χ0) is 13.1. The van der Waals surface area contributed by atoms with E-state index < -0.39 is 11.6 Å². The number of rotatable bonds is 3. The van der Waals surface area contributed by atoms with Gasteiger partial charge in [0.1, 0.15) is 11.6 Å². The molecular formula is C14H20F2N2. The molecule has 0 aromatic heterocycles. The highest BCUT2D eigenvalue weighted by Gasteiger charge is 2.22. The predicted octanol–water partition coefficient (Wildman–Crippen LogP) is 2.71. The van der Waals surface area contributed by atoms with Crippen LogP contribution in [0.2, 0.25) is 0 Å². The maximum absolute atomic E-state index is 13.6. The number of nitrogens with one attached hydrogen (secondary N) is 1. The van der Waals surface area contributed by atoms with Gasteiger partial charge >= 0.3 is 0 Å². The van der Waals surface area contributed by atoms with Crippen LogP contribution < -0.4 is 5.32 Å². The molecule has 1 N–H and O–H groups in total. The molecule has 0 amide bonds. The third kappa shape index (κ3) is 3.06. The lowest BCUT2D eigenvalue weighted by molar-refractivity contribution is 0.217. The zero-order valence-corrected chi connectivity index (χ0v) is 10.9. The summed E-state index contributed by atoms with van der Waals surface area (Å²) >= 11 is 0. The lowest BCUT2D eigenvalue weighted by Gasteiger charge is -2.32. The predicted molar refractivity (Wildman–Crippen MR) is 68.4 cm³/mol. The summed E-state index contributed by atoms with van der Waals surface area (Å²) < 4.78 is 27.3. The van der Waals surface area contributed by atoms with Gasteiger partial charge in [0.05, 0.1) is 0 Å². The van der Waals surface area contributed by atoms with Crippen molar-refractivity contribution in [1.82, 2.24) is 10.2 Å². The lowest BCUT2D eigenvalue weighted by atomic mass is 10.0. The van der Waals surface area contributed by atoms with Crippen LogP contribution in [0.5, 0.6) is 0 Å². The van der Waals surface area contributed by atoms with Crippen LogP contribution in [-0.2, 0) is 0 Å². The number of hydrogen-bond acceptors (Lipinski definition) is 2. The first kappa shape index (κ1) is 13.4. The number of nitrogens with zero attached hydrogens (tertiary/aromatic N) is 1. The summed E-state index contributed by atoms with van der Waals surface area (Å²) in [6, 6.07) is 4.02. The van der Waals surface area contributed by atoms with E-state index in [0.717, 1.165) is 25.9 Å². The molecule has 0 saturated carbocycles. The highest BCUT2D eigenvalue weighted by atomic mass is 19.1. The highest BCUT2D eigenvalue weighted by molar-refractivity contribution is 5.22. The van der Waals surface area contributed by atoms with Gasteiger partial charge in [-0.1, -0.05) is 6.07 Å². The van der Waals surface area contributed by atoms with Crippen molar-refractivity contribution in [3.63, 3.8) is 0 Å². The van der Waals surface area contributed by atoms with Gasteiger partial charge in [-0.3, -0.25) is 0 Å². The van der Waals surface area contributed by atoms with Crippen molar-refractivity contribution in [2.45, 2.75) is 31.8 Å². The Morgan fingerprint density at radius 1 is 1.33 bits per heavy atom. The summed E-state index contributed by atoms with van der Waals surface area (Å²) in [7, 11) is 2.07. The first-order valence-electron chi connectivity index (χ1n) is 6.46. The van der Waals surface area contributed by atoms with Gasteiger partial charge in [0, 0.05) is 24.2 Å². The van der Waals surface area contributed by atoms with Crippen LogP contribution in [0.1, 0.15) is 31.4 Å². The maximum Gasteiger partial charge on any atom is 0.130 e. The molecule has 0 spiro atoms. The van der Waals surface area contributed by atoms with E-state index in [1.807, 2.05) is 6.92 Å². The van der Waals surface area contributed by atoms with Crippen LogP contribution in [0.4, 0.5) is 8.78 Å². The topological polar surface area (TPSA) is 15.3 Å². The number of likely N-dealkylation sites (tertiary alicyclic amines) is 1. The summed E-state index contributed by atoms with van der Waals surface area (Å²) in [6.07, 6.45) is 2.19. The van der Waals surface area contributed by atoms with E-state index in [9.17, 15) is 8.78 Å². The van der Waals surface area contributed by atoms with Gasteiger partial charge in [-0.2, -0.15) is 0 Å². The van der Waals surface area contributed by atoms with E-state index in [1.165, 1.54) is 18.2 Å². The van der Waals surface area contributed by atoms with Crippen molar-refractivity contribution in [2.24, 2.45) is 0 Å². The number of piperidine rings is 1. The van der Waals surface area contributed by atoms with Gasteiger partial charge in [-0.15, -0.1) is 0 Å². The van der Waals surface area contributed by atoms with Crippen LogP contribution in [-0.4, -0.2) is 31.1 Å². The van der Waals surface area contributed by atoms with Gasteiger partial charge in [-0.25, -0.2) is 8.78 Å². The highest BCUT2D eigenvalue weighted by Crippen LogP contribution is 2.22. The van der Waals surface area contributed by atoms with Crippen LogP contribution in [0.3, 0.4) is 0 Å². The minimum atomic E-state index is -0.473. The smallest absolute Gasteiger partial charge is 0.130 e. The van der Waals surface area contributed by atoms with Crippen molar-refractivity contribution >= 4 is 0 Å². The molecule has 0 radical (unpaired) electrons. The normalized spacial score (nSPS) is 23.0. The quantitative estimate of drug-likeness (QED) is 0.892. The van der Waals surface area contributed by atoms with Crippen LogP contribution in [0, 0.1) is 11.6 Å². The fourth-order valence-electron chi connectivity index (χ4n) is 2.66. The van der Waals surface area contributed by atoms with Gasteiger partial charge in [0.2, 0.25) is 0 Å². The number of hydrogen-bond donors (Lipinski definition) is 1. The molecule has 1 heterocycles. The summed E-state index contributed by atoms with van der Waals surface area (Å²) in [5.41, 5.74) is 0.144. The Labute approximate surface area is 107 Å². The molecule has 1 aliphatic rings. The Kier molecular flexibility index (Phi) is 4.30. The molecule has 1 aliphatic heterocycles. The molecule has 18 heavy (non-hydrogen) atoms. The molecule has 1 aromatic rings. The van der Waals surface area contributed by atoms with Gasteiger partial charge in [0.25, 0.3) is 0 Å². The second kappa shape index (κ2) is 5.76. The van der Waals surface area contributed by atoms with Crippen molar-refractivity contribution in [3.05, 3.63) is 35.4 Å². The van der Waals surface area contributed by atoms with Crippen molar-refractivity contribution in [2.75, 3.05) is 20.1 Å². The third-order valence-corrected chi connectivity index (χ3v) is 3.54. The van der Waals surface area contributed by atoms with E-state index in [0.29, 0.717) is 6.04 Å². The molecule has 0 aliphatic carbocycles. The average Bonchev–Trinajstić information content (AvgIpc) is 2.28. The SMILES string of the molecule is CC(NC1CCCN(C)C1)c1c(F)cccc1F. The second-order valence-corrected chi connectivity index (χ2v) is 5.13. The van der Waals surface area contributed by atoms with Gasteiger partial charge in [0.15, 0.2) is 0 Å². The molecule has 2 rings (SSSR count). The molecular weight excluding hydrogens is 234 g/mol. The molecule has 1 aromatic carbocycles. The Hall–Kier alpha value is -1.00. The third-order valence-electron chi connectivity index (χ3n) is 3.54. The van der Waals surface area contributed by atoms with E-state index in [4.69, 9.17) is 0 Å². The number of benzene rings is 1. The Balaban J connectivity index is 2.05. The Bertz CT molecular complexity index is 389. The van der Waals surface area contributed by atoms with Crippen LogP contribution >= 0.6 is 0 Å². The Morgan fingerprint density at radius 3 is 2.61 bits per heavy atom. The largest absolute Gasteiger partial charge is 0.306 e. The molecule has 1 fully saturated rings. The summed E-state index contributed by atoms with van der Waals surface area (Å²) in [5, 5.41) is 3.33. The summed E-state index contributed by atoms with van der Waals surface area (Å²) in [6.45, 7) is 3.84. The van der Waals surface area contributed by atoms with Crippen molar-refractivity contribution < 1.29 is 8.78 Å². The molecule has 100 valence electrons. The minimum Gasteiger partial charge on any atom is -0.306 e. The monoisotopic (exact) mass is 254 g/mol. The second-order valence-electron chi connectivity index (χ2n) is 5.13. The minimum absolute atomic E-state index is 0.144. The van der Waals surface area contributed by atoms with E-state index in [-0.39, 0.29) is 11.6 Å². The molecule has 2 unspecified atom stereocenters. The van der Waals surface area contributed by atoms with Gasteiger partial charge in [-0.05, 0) is 45.5 Å². The van der Waals surface area contributed by atoms with Crippen LogP contribution in [0.15, 0.2) is 18.2 Å². The van der Waals surface area contributed by atoms with Crippen LogP contribution in [0.25, 0.3) is 0 Å². The standard InChI is InChI=1S/C14H20F2N2/c1-10(14-12(15)6-3-7-13(14)16)17-11-5-4-8-18(2)9-11/h3,6-7,10-11,17H,4-5,8-9H2,1-2H3. The summed E-state index contributed by atoms with van der Waals surface area (Å²) in [5.74, 6) is -0.946. The first-order chi connectivity index (χ1) is 8.58. The molecule has 0 bridgehead atoms. The summed E-state index contributed by atoms with van der Waals surface area (Å²) in [4.78, 5) is 2.24. The molecule has 2 nitrogen and oxygen atoms in total. The molecule has 2 atom stereocenters. The van der Waals surface area contributed by atoms with E-state index in [1.54, 1.807) is 0 Å². The van der Waals surface area contributed by atoms with E-state index >= 15 is 0 Å². The van der Waals surface area contributed by atoms with Crippen molar-refractivity contribution in [1.29, 1.82) is 0 Å². The fourth-order valence-corrected chi connectivity index (χ4v) is 2.66. The number of halogens is 2. The average molecular weight is 254 g/mol. The first-order valence-corrected chi connectivity index (χ1v) is 6.46. The Morgan fingerprint density at radius 2 is 2.00 bits per heavy atom. The zero-order valence-electron chi connectivity index (χ0n) is 10.9. The number of likely N-dealkylation sites (N-methyl/N-ethyl adjacent to an activating group) is 1. The fraction of sp³-hybridized carbons (Fsp3) is 0.571. The lowest BCUT2D eigenvalue weighted by Crippen LogP contribution is -2.45. The molecule has 4 heteroatoms. The van der Waals surface area contributed by atoms with E-state index in [2.05, 4.69) is 17.3 Å².